The first-order valence-corrected chi connectivity index (χ1v) is 7.35. The average molecular weight is 241 g/mol. The second kappa shape index (κ2) is 5.46. The third-order valence-corrected chi connectivity index (χ3v) is 3.65. The predicted octanol–water partition coefficient (Wildman–Crippen LogP) is 1.63. The molecule has 0 heterocycles. The number of nitrogens with one attached hydrogen (secondary N) is 1. The third kappa shape index (κ3) is 3.61. The van der Waals surface area contributed by atoms with E-state index in [-0.39, 0.29) is 6.04 Å². The first kappa shape index (κ1) is 13.2. The SMILES string of the molecule is CCNC(C)Cc1ccccc1S(C)(=O)=O. The molecule has 0 bridgehead atoms. The molecule has 0 aliphatic rings. The molecule has 0 fully saturated rings. The van der Waals surface area contributed by atoms with Gasteiger partial charge in [-0.3, -0.25) is 0 Å². The Morgan fingerprint density at radius 1 is 1.31 bits per heavy atom. The van der Waals surface area contributed by atoms with Crippen LogP contribution < -0.4 is 5.32 Å². The summed E-state index contributed by atoms with van der Waals surface area (Å²) in [5, 5.41) is 3.28. The van der Waals surface area contributed by atoms with Crippen molar-refractivity contribution in [2.24, 2.45) is 0 Å². The maximum Gasteiger partial charge on any atom is 0.175 e. The molecule has 1 atom stereocenters. The minimum atomic E-state index is -3.12. The molecule has 1 N–H and O–H groups in total. The highest BCUT2D eigenvalue weighted by Crippen LogP contribution is 2.16. The van der Waals surface area contributed by atoms with Crippen LogP contribution in [0.3, 0.4) is 0 Å². The van der Waals surface area contributed by atoms with E-state index in [0.29, 0.717) is 4.90 Å². The van der Waals surface area contributed by atoms with Crippen LogP contribution in [0.25, 0.3) is 0 Å². The standard InChI is InChI=1S/C12H19NO2S/c1-4-13-10(2)9-11-7-5-6-8-12(11)16(3,14)15/h5-8,10,13H,4,9H2,1-3H3. The van der Waals surface area contributed by atoms with Crippen LogP contribution in [0.15, 0.2) is 29.2 Å². The van der Waals surface area contributed by atoms with Crippen LogP contribution in [0.2, 0.25) is 0 Å². The molecule has 1 unspecified atom stereocenters. The number of likely N-dealkylation sites (N-methyl/N-ethyl adjacent to an activating group) is 1. The molecule has 90 valence electrons. The van der Waals surface area contributed by atoms with Gasteiger partial charge in [0.2, 0.25) is 0 Å². The molecule has 0 amide bonds. The van der Waals surface area contributed by atoms with E-state index in [1.807, 2.05) is 19.1 Å². The Kier molecular flexibility index (Phi) is 4.50. The minimum Gasteiger partial charge on any atom is -0.314 e. The Hall–Kier alpha value is -0.870. The van der Waals surface area contributed by atoms with E-state index in [0.717, 1.165) is 18.5 Å². The molecular weight excluding hydrogens is 222 g/mol. The molecule has 0 aliphatic heterocycles. The first-order valence-electron chi connectivity index (χ1n) is 5.46. The van der Waals surface area contributed by atoms with Gasteiger partial charge < -0.3 is 5.32 Å². The van der Waals surface area contributed by atoms with Crippen molar-refractivity contribution in [2.45, 2.75) is 31.2 Å². The summed E-state index contributed by atoms with van der Waals surface area (Å²) in [6.07, 6.45) is 1.99. The normalized spacial score (nSPS) is 13.7. The van der Waals surface area contributed by atoms with Crippen LogP contribution in [0.4, 0.5) is 0 Å². The Bertz CT molecular complexity index is 440. The number of hydrogen-bond acceptors (Lipinski definition) is 3. The van der Waals surface area contributed by atoms with Gasteiger partial charge in [0, 0.05) is 12.3 Å². The summed E-state index contributed by atoms with van der Waals surface area (Å²) in [4.78, 5) is 0.444. The summed E-state index contributed by atoms with van der Waals surface area (Å²) >= 11 is 0. The summed E-state index contributed by atoms with van der Waals surface area (Å²) < 4.78 is 23.1. The Morgan fingerprint density at radius 3 is 2.50 bits per heavy atom. The zero-order valence-electron chi connectivity index (χ0n) is 10.0. The average Bonchev–Trinajstić information content (AvgIpc) is 2.17. The van der Waals surface area contributed by atoms with E-state index in [2.05, 4.69) is 12.2 Å². The van der Waals surface area contributed by atoms with Gasteiger partial charge in [-0.05, 0) is 31.5 Å². The van der Waals surface area contributed by atoms with Crippen LogP contribution in [0.5, 0.6) is 0 Å². The van der Waals surface area contributed by atoms with Crippen molar-refractivity contribution in [1.82, 2.24) is 5.32 Å². The monoisotopic (exact) mass is 241 g/mol. The van der Waals surface area contributed by atoms with E-state index >= 15 is 0 Å². The number of hydrogen-bond donors (Lipinski definition) is 1. The van der Waals surface area contributed by atoms with Gasteiger partial charge in [-0.1, -0.05) is 25.1 Å². The van der Waals surface area contributed by atoms with Gasteiger partial charge in [0.15, 0.2) is 9.84 Å². The molecule has 1 aromatic rings. The lowest BCUT2D eigenvalue weighted by Crippen LogP contribution is -2.28. The fraction of sp³-hybridized carbons (Fsp3) is 0.500. The number of sulfone groups is 1. The van der Waals surface area contributed by atoms with Gasteiger partial charge in [0.25, 0.3) is 0 Å². The summed E-state index contributed by atoms with van der Waals surface area (Å²) in [6, 6.07) is 7.47. The second-order valence-corrected chi connectivity index (χ2v) is 6.03. The highest BCUT2D eigenvalue weighted by atomic mass is 32.2. The van der Waals surface area contributed by atoms with Gasteiger partial charge in [0.05, 0.1) is 4.90 Å². The van der Waals surface area contributed by atoms with Gasteiger partial charge in [-0.15, -0.1) is 0 Å². The van der Waals surface area contributed by atoms with Gasteiger partial charge in [-0.25, -0.2) is 8.42 Å². The van der Waals surface area contributed by atoms with Crippen molar-refractivity contribution < 1.29 is 8.42 Å². The van der Waals surface area contributed by atoms with Crippen molar-refractivity contribution in [1.29, 1.82) is 0 Å². The van der Waals surface area contributed by atoms with E-state index < -0.39 is 9.84 Å². The Labute approximate surface area is 97.8 Å². The number of rotatable bonds is 5. The molecule has 0 saturated heterocycles. The molecule has 0 aliphatic carbocycles. The zero-order chi connectivity index (χ0) is 12.2. The fourth-order valence-corrected chi connectivity index (χ4v) is 2.74. The smallest absolute Gasteiger partial charge is 0.175 e. The first-order chi connectivity index (χ1) is 7.45. The summed E-state index contributed by atoms with van der Waals surface area (Å²) in [5.41, 5.74) is 0.887. The van der Waals surface area contributed by atoms with Crippen molar-refractivity contribution in [3.63, 3.8) is 0 Å². The lowest BCUT2D eigenvalue weighted by Gasteiger charge is -2.14. The van der Waals surface area contributed by atoms with Crippen molar-refractivity contribution in [3.05, 3.63) is 29.8 Å². The molecule has 3 nitrogen and oxygen atoms in total. The highest BCUT2D eigenvalue weighted by molar-refractivity contribution is 7.90. The Morgan fingerprint density at radius 2 is 1.94 bits per heavy atom. The predicted molar refractivity (Wildman–Crippen MR) is 66.4 cm³/mol. The summed E-state index contributed by atoms with van der Waals surface area (Å²) in [7, 11) is -3.12. The molecule has 1 aromatic carbocycles. The largest absolute Gasteiger partial charge is 0.314 e. The van der Waals surface area contributed by atoms with Crippen LogP contribution in [0.1, 0.15) is 19.4 Å². The van der Waals surface area contributed by atoms with Crippen LogP contribution >= 0.6 is 0 Å². The molecule has 0 spiro atoms. The van der Waals surface area contributed by atoms with Crippen LogP contribution in [-0.4, -0.2) is 27.3 Å². The van der Waals surface area contributed by atoms with Crippen molar-refractivity contribution in [3.8, 4) is 0 Å². The Balaban J connectivity index is 2.96. The zero-order valence-corrected chi connectivity index (χ0v) is 10.8. The molecule has 0 radical (unpaired) electrons. The lowest BCUT2D eigenvalue weighted by molar-refractivity contribution is 0.559. The fourth-order valence-electron chi connectivity index (χ4n) is 1.78. The summed E-state index contributed by atoms with van der Waals surface area (Å²) in [5.74, 6) is 0. The van der Waals surface area contributed by atoms with E-state index in [4.69, 9.17) is 0 Å². The van der Waals surface area contributed by atoms with E-state index in [1.54, 1.807) is 12.1 Å². The molecule has 16 heavy (non-hydrogen) atoms. The minimum absolute atomic E-state index is 0.285. The third-order valence-electron chi connectivity index (χ3n) is 2.45. The number of benzene rings is 1. The van der Waals surface area contributed by atoms with E-state index in [1.165, 1.54) is 6.26 Å². The topological polar surface area (TPSA) is 46.2 Å². The quantitative estimate of drug-likeness (QED) is 0.852. The van der Waals surface area contributed by atoms with Crippen LogP contribution in [0, 0.1) is 0 Å². The van der Waals surface area contributed by atoms with Gasteiger partial charge in [-0.2, -0.15) is 0 Å². The second-order valence-electron chi connectivity index (χ2n) is 4.04. The molecule has 1 rings (SSSR count). The van der Waals surface area contributed by atoms with Crippen molar-refractivity contribution >= 4 is 9.84 Å². The molecule has 4 heteroatoms. The highest BCUT2D eigenvalue weighted by Gasteiger charge is 2.13. The van der Waals surface area contributed by atoms with Crippen LogP contribution in [-0.2, 0) is 16.3 Å². The summed E-state index contributed by atoms with van der Waals surface area (Å²) in [6.45, 7) is 4.99. The van der Waals surface area contributed by atoms with Gasteiger partial charge in [0.1, 0.15) is 0 Å². The lowest BCUT2D eigenvalue weighted by atomic mass is 10.1. The van der Waals surface area contributed by atoms with E-state index in [9.17, 15) is 8.42 Å². The molecule has 0 saturated carbocycles. The maximum absolute atomic E-state index is 11.6. The van der Waals surface area contributed by atoms with Crippen molar-refractivity contribution in [2.75, 3.05) is 12.8 Å². The van der Waals surface area contributed by atoms with Gasteiger partial charge >= 0.3 is 0 Å². The molecule has 0 aromatic heterocycles. The maximum atomic E-state index is 11.6. The molecular formula is C12H19NO2S.